The van der Waals surface area contributed by atoms with Gasteiger partial charge in [-0.25, -0.2) is 13.2 Å². The lowest BCUT2D eigenvalue weighted by Crippen LogP contribution is -2.50. The van der Waals surface area contributed by atoms with Crippen molar-refractivity contribution in [1.82, 2.24) is 5.32 Å². The van der Waals surface area contributed by atoms with Crippen LogP contribution in [0, 0.1) is 0 Å². The Hall–Kier alpha value is -0.710. The van der Waals surface area contributed by atoms with Crippen LogP contribution in [-0.2, 0) is 0 Å². The number of nitrogens with one attached hydrogen (secondary N) is 1. The quantitative estimate of drug-likeness (QED) is 0.695. The van der Waals surface area contributed by atoms with Crippen LogP contribution in [0.3, 0.4) is 0 Å². The molecule has 90 valence electrons. The van der Waals surface area contributed by atoms with Crippen LogP contribution in [-0.4, -0.2) is 24.7 Å². The molecule has 0 aromatic rings. The number of rotatable bonds is 7. The van der Waals surface area contributed by atoms with Crippen molar-refractivity contribution in [3.63, 3.8) is 0 Å². The van der Waals surface area contributed by atoms with Crippen molar-refractivity contribution in [2.45, 2.75) is 38.3 Å². The van der Waals surface area contributed by atoms with Gasteiger partial charge in [-0.15, -0.1) is 0 Å². The van der Waals surface area contributed by atoms with E-state index in [2.05, 4.69) is 11.9 Å². The Kier molecular flexibility index (Phi) is 5.14. The van der Waals surface area contributed by atoms with E-state index in [-0.39, 0.29) is 25.1 Å². The maximum absolute atomic E-state index is 13.7. The summed E-state index contributed by atoms with van der Waals surface area (Å²) in [7, 11) is 0. The van der Waals surface area contributed by atoms with Crippen LogP contribution in [0.5, 0.6) is 0 Å². The van der Waals surface area contributed by atoms with Crippen molar-refractivity contribution in [3.8, 4) is 0 Å². The van der Waals surface area contributed by atoms with E-state index in [1.54, 1.807) is 0 Å². The Labute approximate surface area is 88.7 Å². The van der Waals surface area contributed by atoms with E-state index >= 15 is 0 Å². The first-order chi connectivity index (χ1) is 6.83. The summed E-state index contributed by atoms with van der Waals surface area (Å²) in [6.45, 7) is 5.54. The SMILES string of the molecule is C=C(CN)NCC(F)(F)C(F)(CC)CC. The molecule has 0 radical (unpaired) electrons. The van der Waals surface area contributed by atoms with Gasteiger partial charge in [-0.2, -0.15) is 0 Å². The van der Waals surface area contributed by atoms with Crippen LogP contribution >= 0.6 is 0 Å². The van der Waals surface area contributed by atoms with E-state index in [1.165, 1.54) is 13.8 Å². The molecular weight excluding hydrogens is 205 g/mol. The Balaban J connectivity index is 4.45. The fraction of sp³-hybridized carbons (Fsp3) is 0.800. The normalized spacial score (nSPS) is 12.7. The van der Waals surface area contributed by atoms with Gasteiger partial charge in [-0.05, 0) is 12.8 Å². The van der Waals surface area contributed by atoms with Crippen LogP contribution in [0.15, 0.2) is 12.3 Å². The molecule has 0 aromatic heterocycles. The zero-order valence-electron chi connectivity index (χ0n) is 9.25. The summed E-state index contributed by atoms with van der Waals surface area (Å²) in [5, 5.41) is 2.34. The summed E-state index contributed by atoms with van der Waals surface area (Å²) in [5.41, 5.74) is 2.99. The lowest BCUT2D eigenvalue weighted by Gasteiger charge is -2.32. The molecule has 0 atom stereocenters. The standard InChI is InChI=1S/C10H19F3N2/c1-4-9(11,5-2)10(12,13)7-15-8(3)6-14/h15H,3-7,14H2,1-2H3. The maximum Gasteiger partial charge on any atom is 0.298 e. The molecule has 0 spiro atoms. The van der Waals surface area contributed by atoms with Gasteiger partial charge < -0.3 is 11.1 Å². The Morgan fingerprint density at radius 2 is 1.73 bits per heavy atom. The molecule has 2 nitrogen and oxygen atoms in total. The monoisotopic (exact) mass is 224 g/mol. The molecule has 0 saturated carbocycles. The van der Waals surface area contributed by atoms with Gasteiger partial charge in [0, 0.05) is 12.2 Å². The third-order valence-corrected chi connectivity index (χ3v) is 2.58. The topological polar surface area (TPSA) is 38.0 Å². The Morgan fingerprint density at radius 1 is 1.27 bits per heavy atom. The summed E-state index contributed by atoms with van der Waals surface area (Å²) in [5.74, 6) is -3.41. The molecule has 0 heterocycles. The molecule has 0 unspecified atom stereocenters. The molecule has 0 aliphatic heterocycles. The maximum atomic E-state index is 13.7. The highest BCUT2D eigenvalue weighted by Gasteiger charge is 2.51. The zero-order chi connectivity index (χ0) is 12.1. The van der Waals surface area contributed by atoms with Gasteiger partial charge in [0.05, 0.1) is 6.54 Å². The Morgan fingerprint density at radius 3 is 2.07 bits per heavy atom. The van der Waals surface area contributed by atoms with Gasteiger partial charge in [-0.1, -0.05) is 20.4 Å². The first kappa shape index (κ1) is 14.3. The molecule has 0 amide bonds. The van der Waals surface area contributed by atoms with Gasteiger partial charge in [0.2, 0.25) is 0 Å². The second-order valence-electron chi connectivity index (χ2n) is 3.54. The average molecular weight is 224 g/mol. The first-order valence-electron chi connectivity index (χ1n) is 5.01. The molecule has 0 saturated heterocycles. The minimum Gasteiger partial charge on any atom is -0.382 e. The molecule has 3 N–H and O–H groups in total. The molecule has 0 aliphatic carbocycles. The second-order valence-corrected chi connectivity index (χ2v) is 3.54. The predicted octanol–water partition coefficient (Wildman–Crippen LogP) is 2.21. The summed E-state index contributed by atoms with van der Waals surface area (Å²) in [6, 6.07) is 0. The van der Waals surface area contributed by atoms with Gasteiger partial charge >= 0.3 is 0 Å². The van der Waals surface area contributed by atoms with Crippen LogP contribution in [0.1, 0.15) is 26.7 Å². The molecule has 0 bridgehead atoms. The van der Waals surface area contributed by atoms with Gasteiger partial charge in [-0.3, -0.25) is 0 Å². The highest BCUT2D eigenvalue weighted by molar-refractivity contribution is 4.99. The lowest BCUT2D eigenvalue weighted by molar-refractivity contribution is -0.137. The minimum atomic E-state index is -3.41. The summed E-state index contributed by atoms with van der Waals surface area (Å²) >= 11 is 0. The van der Waals surface area contributed by atoms with Crippen molar-refractivity contribution in [1.29, 1.82) is 0 Å². The number of nitrogens with two attached hydrogens (primary N) is 1. The number of alkyl halides is 3. The smallest absolute Gasteiger partial charge is 0.298 e. The van der Waals surface area contributed by atoms with E-state index in [1.807, 2.05) is 0 Å². The summed E-state index contributed by atoms with van der Waals surface area (Å²) in [4.78, 5) is 0. The summed E-state index contributed by atoms with van der Waals surface area (Å²) in [6.07, 6.45) is -0.430. The fourth-order valence-corrected chi connectivity index (χ4v) is 1.23. The van der Waals surface area contributed by atoms with Crippen LogP contribution in [0.25, 0.3) is 0 Å². The fourth-order valence-electron chi connectivity index (χ4n) is 1.23. The van der Waals surface area contributed by atoms with Crippen molar-refractivity contribution >= 4 is 0 Å². The first-order valence-corrected chi connectivity index (χ1v) is 5.01. The molecular formula is C10H19F3N2. The van der Waals surface area contributed by atoms with Gasteiger partial charge in [0.1, 0.15) is 0 Å². The van der Waals surface area contributed by atoms with E-state index < -0.39 is 18.1 Å². The lowest BCUT2D eigenvalue weighted by atomic mass is 9.91. The third kappa shape index (κ3) is 3.41. The van der Waals surface area contributed by atoms with E-state index in [0.717, 1.165) is 0 Å². The molecule has 0 fully saturated rings. The van der Waals surface area contributed by atoms with E-state index in [4.69, 9.17) is 5.73 Å². The molecule has 0 rings (SSSR count). The molecule has 5 heteroatoms. The van der Waals surface area contributed by atoms with E-state index in [9.17, 15) is 13.2 Å². The van der Waals surface area contributed by atoms with E-state index in [0.29, 0.717) is 0 Å². The largest absolute Gasteiger partial charge is 0.382 e. The average Bonchev–Trinajstić information content (AvgIpc) is 2.24. The highest BCUT2D eigenvalue weighted by atomic mass is 19.3. The van der Waals surface area contributed by atoms with Crippen LogP contribution in [0.2, 0.25) is 0 Å². The van der Waals surface area contributed by atoms with Crippen molar-refractivity contribution < 1.29 is 13.2 Å². The van der Waals surface area contributed by atoms with Crippen LogP contribution < -0.4 is 11.1 Å². The molecule has 0 aromatic carbocycles. The molecule has 0 aliphatic rings. The number of halogens is 3. The summed E-state index contributed by atoms with van der Waals surface area (Å²) < 4.78 is 40.6. The molecule has 15 heavy (non-hydrogen) atoms. The number of hydrogen-bond donors (Lipinski definition) is 2. The third-order valence-electron chi connectivity index (χ3n) is 2.58. The van der Waals surface area contributed by atoms with Gasteiger partial charge in [0.25, 0.3) is 5.92 Å². The minimum absolute atomic E-state index is 0.0631. The van der Waals surface area contributed by atoms with Gasteiger partial charge in [0.15, 0.2) is 5.67 Å². The zero-order valence-corrected chi connectivity index (χ0v) is 9.25. The predicted molar refractivity (Wildman–Crippen MR) is 55.6 cm³/mol. The number of hydrogen-bond acceptors (Lipinski definition) is 2. The van der Waals surface area contributed by atoms with Crippen molar-refractivity contribution in [2.75, 3.05) is 13.1 Å². The van der Waals surface area contributed by atoms with Crippen molar-refractivity contribution in [3.05, 3.63) is 12.3 Å². The van der Waals surface area contributed by atoms with Crippen molar-refractivity contribution in [2.24, 2.45) is 5.73 Å². The second kappa shape index (κ2) is 5.39. The highest BCUT2D eigenvalue weighted by Crippen LogP contribution is 2.37. The van der Waals surface area contributed by atoms with Crippen LogP contribution in [0.4, 0.5) is 13.2 Å². The Bertz CT molecular complexity index is 213.